The van der Waals surface area contributed by atoms with Gasteiger partial charge in [0, 0.05) is 37.9 Å². The van der Waals surface area contributed by atoms with Crippen molar-refractivity contribution in [1.82, 2.24) is 29.6 Å². The van der Waals surface area contributed by atoms with Crippen molar-refractivity contribution in [3.8, 4) is 5.75 Å². The summed E-state index contributed by atoms with van der Waals surface area (Å²) < 4.78 is 13.1. The number of amides is 1. The number of nitrogens with one attached hydrogen (secondary N) is 1. The maximum Gasteiger partial charge on any atom is 0.410 e. The summed E-state index contributed by atoms with van der Waals surface area (Å²) in [5, 5.41) is 17.5. The normalized spacial score (nSPS) is 16.6. The molecule has 4 rings (SSSR count). The summed E-state index contributed by atoms with van der Waals surface area (Å²) in [5.41, 5.74) is 8.51. The largest absolute Gasteiger partial charge is 0.495 e. The Morgan fingerprint density at radius 2 is 2.08 bits per heavy atom. The highest BCUT2D eigenvalue weighted by Gasteiger charge is 2.29. The van der Waals surface area contributed by atoms with Crippen LogP contribution in [0.15, 0.2) is 18.5 Å². The SMILES string of the molecule is CCC[C@@H](CCO)Nc1nc(N)nc2cnn(Cc3ncc(C4CCCN(C(=O)OC(C)(C)C)C4)cc3OC)c12. The maximum absolute atomic E-state index is 12.7. The fourth-order valence-corrected chi connectivity index (χ4v) is 5.11. The summed E-state index contributed by atoms with van der Waals surface area (Å²) in [5.74, 6) is 1.51. The Morgan fingerprint density at radius 1 is 1.27 bits per heavy atom. The second kappa shape index (κ2) is 12.7. The minimum Gasteiger partial charge on any atom is -0.495 e. The van der Waals surface area contributed by atoms with Crippen molar-refractivity contribution in [2.75, 3.05) is 37.9 Å². The molecule has 1 unspecified atom stereocenters. The lowest BCUT2D eigenvalue weighted by molar-refractivity contribution is 0.0198. The van der Waals surface area contributed by atoms with Gasteiger partial charge in [0.15, 0.2) is 5.82 Å². The van der Waals surface area contributed by atoms with Crippen molar-refractivity contribution >= 4 is 28.9 Å². The van der Waals surface area contributed by atoms with Gasteiger partial charge in [-0.25, -0.2) is 9.78 Å². The third-order valence-electron chi connectivity index (χ3n) is 6.98. The van der Waals surface area contributed by atoms with Crippen molar-refractivity contribution in [3.63, 3.8) is 0 Å². The zero-order valence-electron chi connectivity index (χ0n) is 24.2. The van der Waals surface area contributed by atoms with Gasteiger partial charge in [0.25, 0.3) is 0 Å². The van der Waals surface area contributed by atoms with Crippen LogP contribution in [0.3, 0.4) is 0 Å². The lowest BCUT2D eigenvalue weighted by atomic mass is 9.91. The van der Waals surface area contributed by atoms with E-state index >= 15 is 0 Å². The molecule has 0 spiro atoms. The highest BCUT2D eigenvalue weighted by molar-refractivity contribution is 5.86. The summed E-state index contributed by atoms with van der Waals surface area (Å²) in [6.07, 6.45) is 7.51. The van der Waals surface area contributed by atoms with Crippen LogP contribution in [0, 0.1) is 0 Å². The Kier molecular flexibility index (Phi) is 9.28. The van der Waals surface area contributed by atoms with Crippen LogP contribution in [-0.2, 0) is 11.3 Å². The Balaban J connectivity index is 1.57. The summed E-state index contributed by atoms with van der Waals surface area (Å²) in [6, 6.07) is 2.04. The van der Waals surface area contributed by atoms with E-state index in [-0.39, 0.29) is 30.6 Å². The second-order valence-electron chi connectivity index (χ2n) is 11.3. The molecule has 2 atom stereocenters. The van der Waals surface area contributed by atoms with Gasteiger partial charge in [0.2, 0.25) is 5.95 Å². The lowest BCUT2D eigenvalue weighted by Crippen LogP contribution is -2.42. The molecule has 4 heterocycles. The van der Waals surface area contributed by atoms with Gasteiger partial charge in [-0.15, -0.1) is 0 Å². The second-order valence-corrected chi connectivity index (χ2v) is 11.3. The standard InChI is InChI=1S/C28H42N8O4/c1-6-8-20(10-12-37)32-25-24-21(33-26(29)34-25)15-31-36(24)17-22-23(39-5)13-19(14-30-22)18-9-7-11-35(16-18)27(38)40-28(2,3)4/h13-15,18,20,37H,6-12,16-17H2,1-5H3,(H3,29,32,33,34)/t18?,20-/m0/s1. The minimum absolute atomic E-state index is 0.0403. The molecule has 4 N–H and O–H groups in total. The van der Waals surface area contributed by atoms with E-state index in [0.717, 1.165) is 31.2 Å². The molecule has 1 amide bonds. The van der Waals surface area contributed by atoms with Crippen molar-refractivity contribution in [2.45, 2.75) is 83.9 Å². The average Bonchev–Trinajstić information content (AvgIpc) is 3.30. The van der Waals surface area contributed by atoms with Crippen LogP contribution >= 0.6 is 0 Å². The molecule has 12 nitrogen and oxygen atoms in total. The van der Waals surface area contributed by atoms with Gasteiger partial charge in [0.05, 0.1) is 19.9 Å². The predicted molar refractivity (Wildman–Crippen MR) is 153 cm³/mol. The van der Waals surface area contributed by atoms with Gasteiger partial charge >= 0.3 is 6.09 Å². The Hall–Kier alpha value is -3.67. The monoisotopic (exact) mass is 554 g/mol. The molecule has 1 aliphatic rings. The van der Waals surface area contributed by atoms with Gasteiger partial charge in [-0.2, -0.15) is 10.1 Å². The van der Waals surface area contributed by atoms with E-state index in [1.54, 1.807) is 22.9 Å². The van der Waals surface area contributed by atoms with Crippen molar-refractivity contribution < 1.29 is 19.4 Å². The zero-order valence-corrected chi connectivity index (χ0v) is 24.2. The molecule has 1 saturated heterocycles. The number of hydrogen-bond donors (Lipinski definition) is 3. The number of carbonyl (C=O) groups excluding carboxylic acids is 1. The number of aromatic nitrogens is 5. The fourth-order valence-electron chi connectivity index (χ4n) is 5.11. The Bertz CT molecular complexity index is 1300. The van der Waals surface area contributed by atoms with Crippen LogP contribution in [0.5, 0.6) is 5.75 Å². The number of pyridine rings is 1. The van der Waals surface area contributed by atoms with Gasteiger partial charge in [0.1, 0.15) is 28.1 Å². The third-order valence-corrected chi connectivity index (χ3v) is 6.98. The van der Waals surface area contributed by atoms with Crippen LogP contribution in [0.4, 0.5) is 16.6 Å². The molecular weight excluding hydrogens is 512 g/mol. The third kappa shape index (κ3) is 7.09. The predicted octanol–water partition coefficient (Wildman–Crippen LogP) is 3.94. The average molecular weight is 555 g/mol. The number of fused-ring (bicyclic) bond motifs is 1. The number of rotatable bonds is 10. The van der Waals surface area contributed by atoms with Crippen LogP contribution in [0.1, 0.15) is 77.0 Å². The van der Waals surface area contributed by atoms with Crippen LogP contribution in [0.2, 0.25) is 0 Å². The molecule has 0 bridgehead atoms. The number of methoxy groups -OCH3 is 1. The molecular formula is C28H42N8O4. The number of likely N-dealkylation sites (tertiary alicyclic amines) is 1. The molecule has 40 heavy (non-hydrogen) atoms. The number of aliphatic hydroxyl groups is 1. The van der Waals surface area contributed by atoms with E-state index in [0.29, 0.717) is 54.3 Å². The fraction of sp³-hybridized carbons (Fsp3) is 0.607. The molecule has 0 saturated carbocycles. The maximum atomic E-state index is 12.7. The number of nitrogens with two attached hydrogens (primary N) is 1. The Labute approximate surface area is 235 Å². The lowest BCUT2D eigenvalue weighted by Gasteiger charge is -2.34. The number of carbonyl (C=O) groups is 1. The molecule has 1 fully saturated rings. The van der Waals surface area contributed by atoms with Crippen molar-refractivity contribution in [1.29, 1.82) is 0 Å². The van der Waals surface area contributed by atoms with E-state index in [9.17, 15) is 9.90 Å². The van der Waals surface area contributed by atoms with E-state index in [2.05, 4.69) is 27.3 Å². The highest BCUT2D eigenvalue weighted by atomic mass is 16.6. The van der Waals surface area contributed by atoms with Gasteiger partial charge in [-0.3, -0.25) is 9.67 Å². The Morgan fingerprint density at radius 3 is 2.77 bits per heavy atom. The summed E-state index contributed by atoms with van der Waals surface area (Å²) in [7, 11) is 1.63. The van der Waals surface area contributed by atoms with Crippen LogP contribution < -0.4 is 15.8 Å². The van der Waals surface area contributed by atoms with Crippen molar-refractivity contribution in [3.05, 3.63) is 29.7 Å². The molecule has 0 aromatic carbocycles. The summed E-state index contributed by atoms with van der Waals surface area (Å²) in [6.45, 7) is 9.39. The zero-order chi connectivity index (χ0) is 28.9. The first-order chi connectivity index (χ1) is 19.1. The highest BCUT2D eigenvalue weighted by Crippen LogP contribution is 2.32. The van der Waals surface area contributed by atoms with E-state index in [1.807, 2.05) is 33.0 Å². The van der Waals surface area contributed by atoms with Gasteiger partial charge < -0.3 is 30.5 Å². The number of nitrogen functional groups attached to an aromatic ring is 1. The number of nitrogens with zero attached hydrogens (tertiary/aromatic N) is 6. The molecule has 12 heteroatoms. The van der Waals surface area contributed by atoms with Gasteiger partial charge in [-0.05, 0) is 58.1 Å². The molecule has 0 aliphatic carbocycles. The molecule has 3 aromatic rings. The first kappa shape index (κ1) is 29.3. The molecule has 0 radical (unpaired) electrons. The van der Waals surface area contributed by atoms with Gasteiger partial charge in [-0.1, -0.05) is 13.3 Å². The van der Waals surface area contributed by atoms with Crippen LogP contribution in [0.25, 0.3) is 11.0 Å². The molecule has 3 aromatic heterocycles. The molecule has 1 aliphatic heterocycles. The number of aliphatic hydroxyl groups excluding tert-OH is 1. The number of ether oxygens (including phenoxy) is 2. The van der Waals surface area contributed by atoms with Crippen molar-refractivity contribution in [2.24, 2.45) is 0 Å². The topological polar surface area (TPSA) is 154 Å². The van der Waals surface area contributed by atoms with E-state index < -0.39 is 5.60 Å². The number of piperidine rings is 1. The smallest absolute Gasteiger partial charge is 0.410 e. The van der Waals surface area contributed by atoms with E-state index in [4.69, 9.17) is 20.2 Å². The van der Waals surface area contributed by atoms with E-state index in [1.165, 1.54) is 0 Å². The minimum atomic E-state index is -0.533. The first-order valence-corrected chi connectivity index (χ1v) is 14.0. The number of anilines is 2. The van der Waals surface area contributed by atoms with Crippen LogP contribution in [-0.4, -0.2) is 79.3 Å². The number of hydrogen-bond acceptors (Lipinski definition) is 10. The summed E-state index contributed by atoms with van der Waals surface area (Å²) >= 11 is 0. The molecule has 218 valence electrons. The first-order valence-electron chi connectivity index (χ1n) is 14.0. The summed E-state index contributed by atoms with van der Waals surface area (Å²) in [4.78, 5) is 28.0. The quantitative estimate of drug-likeness (QED) is 0.336.